The van der Waals surface area contributed by atoms with E-state index in [0.717, 1.165) is 18.9 Å². The lowest BCUT2D eigenvalue weighted by molar-refractivity contribution is 0.0696. The Labute approximate surface area is 86.9 Å². The molecule has 0 bridgehead atoms. The molecule has 0 atom stereocenters. The van der Waals surface area contributed by atoms with E-state index in [1.54, 1.807) is 0 Å². The van der Waals surface area contributed by atoms with Crippen molar-refractivity contribution >= 4 is 5.97 Å². The smallest absolute Gasteiger partial charge is 0.335 e. The van der Waals surface area contributed by atoms with E-state index < -0.39 is 11.8 Å². The molecule has 1 fully saturated rings. The number of hydrogen-bond donors (Lipinski definition) is 2. The Morgan fingerprint density at radius 2 is 2.27 bits per heavy atom. The molecule has 1 aliphatic carbocycles. The molecule has 1 aliphatic rings. The van der Waals surface area contributed by atoms with Gasteiger partial charge >= 0.3 is 5.97 Å². The zero-order chi connectivity index (χ0) is 10.8. The summed E-state index contributed by atoms with van der Waals surface area (Å²) in [6.07, 6.45) is 2.30. The minimum absolute atomic E-state index is 0.0114. The van der Waals surface area contributed by atoms with Crippen molar-refractivity contribution in [3.63, 3.8) is 0 Å². The van der Waals surface area contributed by atoms with Crippen LogP contribution in [-0.2, 0) is 6.54 Å². The van der Waals surface area contributed by atoms with E-state index in [1.165, 1.54) is 12.1 Å². The first-order valence-corrected chi connectivity index (χ1v) is 4.92. The topological polar surface area (TPSA) is 49.3 Å². The minimum atomic E-state index is -1.10. The van der Waals surface area contributed by atoms with Crippen LogP contribution in [0.25, 0.3) is 0 Å². The van der Waals surface area contributed by atoms with Crippen LogP contribution in [0.3, 0.4) is 0 Å². The third-order valence-corrected chi connectivity index (χ3v) is 2.46. The van der Waals surface area contributed by atoms with Gasteiger partial charge in [0.2, 0.25) is 0 Å². The second kappa shape index (κ2) is 3.98. The summed E-state index contributed by atoms with van der Waals surface area (Å²) < 4.78 is 13.4. The summed E-state index contributed by atoms with van der Waals surface area (Å²) in [5.74, 6) is -1.56. The Morgan fingerprint density at radius 3 is 2.80 bits per heavy atom. The van der Waals surface area contributed by atoms with Gasteiger partial charge in [0.15, 0.2) is 0 Å². The summed E-state index contributed by atoms with van der Waals surface area (Å²) in [6.45, 7) is 0.469. The maximum absolute atomic E-state index is 13.4. The number of nitrogens with one attached hydrogen (secondary N) is 1. The molecule has 1 saturated carbocycles. The van der Waals surface area contributed by atoms with Crippen molar-refractivity contribution in [2.45, 2.75) is 25.4 Å². The van der Waals surface area contributed by atoms with Crippen LogP contribution in [0, 0.1) is 5.82 Å². The van der Waals surface area contributed by atoms with Gasteiger partial charge in [0.25, 0.3) is 0 Å². The first-order valence-electron chi connectivity index (χ1n) is 4.92. The first kappa shape index (κ1) is 10.1. The van der Waals surface area contributed by atoms with Gasteiger partial charge in [-0.1, -0.05) is 6.07 Å². The highest BCUT2D eigenvalue weighted by atomic mass is 19.1. The van der Waals surface area contributed by atoms with Crippen LogP contribution in [0.1, 0.15) is 28.8 Å². The summed E-state index contributed by atoms with van der Waals surface area (Å²) in [7, 11) is 0. The number of benzene rings is 1. The number of halogens is 1. The fraction of sp³-hybridized carbons (Fsp3) is 0.364. The number of carbonyl (C=O) groups is 1. The van der Waals surface area contributed by atoms with Crippen molar-refractivity contribution in [2.24, 2.45) is 0 Å². The Kier molecular flexibility index (Phi) is 2.68. The Balaban J connectivity index is 2.07. The van der Waals surface area contributed by atoms with E-state index in [9.17, 15) is 9.18 Å². The second-order valence-electron chi connectivity index (χ2n) is 3.77. The number of carboxylic acid groups (broad SMARTS) is 1. The highest BCUT2D eigenvalue weighted by Gasteiger charge is 2.20. The summed E-state index contributed by atoms with van der Waals surface area (Å²) in [5.41, 5.74) is 0.509. The largest absolute Gasteiger partial charge is 0.478 e. The van der Waals surface area contributed by atoms with Crippen LogP contribution in [0.5, 0.6) is 0 Å². The minimum Gasteiger partial charge on any atom is -0.478 e. The fourth-order valence-electron chi connectivity index (χ4n) is 1.37. The van der Waals surface area contributed by atoms with Gasteiger partial charge in [-0.15, -0.1) is 0 Å². The lowest BCUT2D eigenvalue weighted by Crippen LogP contribution is -2.16. The van der Waals surface area contributed by atoms with Gasteiger partial charge < -0.3 is 10.4 Å². The molecular formula is C11H12FNO2. The summed E-state index contributed by atoms with van der Waals surface area (Å²) in [5, 5.41) is 11.8. The fourth-order valence-corrected chi connectivity index (χ4v) is 1.37. The lowest BCUT2D eigenvalue weighted by Gasteiger charge is -2.05. The molecule has 3 nitrogen and oxygen atoms in total. The van der Waals surface area contributed by atoms with Crippen LogP contribution in [0.15, 0.2) is 18.2 Å². The molecule has 80 valence electrons. The number of rotatable bonds is 4. The van der Waals surface area contributed by atoms with E-state index >= 15 is 0 Å². The standard InChI is InChI=1S/C11H12FNO2/c12-10-5-7(11(14)15)1-2-8(10)6-13-9-3-4-9/h1-2,5,9,13H,3-4,6H2,(H,14,15). The Hall–Kier alpha value is -1.42. The number of carboxylic acids is 1. The quantitative estimate of drug-likeness (QED) is 0.794. The first-order chi connectivity index (χ1) is 7.16. The molecule has 0 aliphatic heterocycles. The van der Waals surface area contributed by atoms with Gasteiger partial charge in [-0.05, 0) is 25.0 Å². The van der Waals surface area contributed by atoms with Crippen LogP contribution < -0.4 is 5.32 Å². The van der Waals surface area contributed by atoms with Gasteiger partial charge in [-0.3, -0.25) is 0 Å². The summed E-state index contributed by atoms with van der Waals surface area (Å²) in [6, 6.07) is 4.53. The number of hydrogen-bond acceptors (Lipinski definition) is 2. The van der Waals surface area contributed by atoms with Crippen molar-refractivity contribution < 1.29 is 14.3 Å². The molecule has 0 heterocycles. The molecule has 0 saturated heterocycles. The van der Waals surface area contributed by atoms with Gasteiger partial charge in [-0.2, -0.15) is 0 Å². The summed E-state index contributed by atoms with van der Waals surface area (Å²) >= 11 is 0. The van der Waals surface area contributed by atoms with E-state index in [4.69, 9.17) is 5.11 Å². The van der Waals surface area contributed by atoms with Crippen LogP contribution >= 0.6 is 0 Å². The van der Waals surface area contributed by atoms with Crippen LogP contribution in [0.2, 0.25) is 0 Å². The maximum atomic E-state index is 13.4. The monoisotopic (exact) mass is 209 g/mol. The molecule has 0 aromatic heterocycles. The molecule has 1 aromatic carbocycles. The highest BCUT2D eigenvalue weighted by molar-refractivity contribution is 5.87. The summed E-state index contributed by atoms with van der Waals surface area (Å²) in [4.78, 5) is 10.6. The van der Waals surface area contributed by atoms with E-state index in [1.807, 2.05) is 0 Å². The zero-order valence-corrected chi connectivity index (χ0v) is 8.16. The van der Waals surface area contributed by atoms with E-state index in [2.05, 4.69) is 5.32 Å². The predicted octanol–water partition coefficient (Wildman–Crippen LogP) is 1.78. The molecule has 0 unspecified atom stereocenters. The van der Waals surface area contributed by atoms with Gasteiger partial charge in [0.05, 0.1) is 5.56 Å². The molecule has 2 rings (SSSR count). The Morgan fingerprint density at radius 1 is 1.53 bits per heavy atom. The normalized spacial score (nSPS) is 15.3. The highest BCUT2D eigenvalue weighted by Crippen LogP contribution is 2.20. The van der Waals surface area contributed by atoms with Gasteiger partial charge in [0, 0.05) is 18.2 Å². The van der Waals surface area contributed by atoms with Crippen molar-refractivity contribution in [1.82, 2.24) is 5.32 Å². The van der Waals surface area contributed by atoms with Crippen molar-refractivity contribution in [1.29, 1.82) is 0 Å². The second-order valence-corrected chi connectivity index (χ2v) is 3.77. The third-order valence-electron chi connectivity index (χ3n) is 2.46. The molecule has 0 radical (unpaired) electrons. The van der Waals surface area contributed by atoms with Crippen molar-refractivity contribution in [3.05, 3.63) is 35.1 Å². The predicted molar refractivity (Wildman–Crippen MR) is 53.2 cm³/mol. The SMILES string of the molecule is O=C(O)c1ccc(CNC2CC2)c(F)c1. The molecule has 2 N–H and O–H groups in total. The van der Waals surface area contributed by atoms with Gasteiger partial charge in [-0.25, -0.2) is 9.18 Å². The zero-order valence-electron chi connectivity index (χ0n) is 8.16. The van der Waals surface area contributed by atoms with Gasteiger partial charge in [0.1, 0.15) is 5.82 Å². The van der Waals surface area contributed by atoms with Crippen LogP contribution in [-0.4, -0.2) is 17.1 Å². The maximum Gasteiger partial charge on any atom is 0.335 e. The average Bonchev–Trinajstić information content (AvgIpc) is 2.99. The van der Waals surface area contributed by atoms with E-state index in [-0.39, 0.29) is 5.56 Å². The lowest BCUT2D eigenvalue weighted by atomic mass is 10.1. The molecule has 0 amide bonds. The Bertz CT molecular complexity index is 388. The molecule has 15 heavy (non-hydrogen) atoms. The average molecular weight is 209 g/mol. The molecule has 1 aromatic rings. The van der Waals surface area contributed by atoms with E-state index in [0.29, 0.717) is 18.2 Å². The molecule has 0 spiro atoms. The van der Waals surface area contributed by atoms with Crippen molar-refractivity contribution in [2.75, 3.05) is 0 Å². The molecule has 4 heteroatoms. The molecular weight excluding hydrogens is 197 g/mol. The number of aromatic carboxylic acids is 1. The third kappa shape index (κ3) is 2.53. The van der Waals surface area contributed by atoms with Crippen molar-refractivity contribution in [3.8, 4) is 0 Å². The van der Waals surface area contributed by atoms with Crippen LogP contribution in [0.4, 0.5) is 4.39 Å².